The van der Waals surface area contributed by atoms with E-state index >= 15 is 0 Å². The third-order valence-electron chi connectivity index (χ3n) is 3.35. The van der Waals surface area contributed by atoms with Crippen molar-refractivity contribution in [1.29, 1.82) is 0 Å². The van der Waals surface area contributed by atoms with Gasteiger partial charge in [0, 0.05) is 10.6 Å². The molecule has 0 fully saturated rings. The fraction of sp³-hybridized carbons (Fsp3) is 0.188. The highest BCUT2D eigenvalue weighted by Crippen LogP contribution is 2.43. The van der Waals surface area contributed by atoms with Gasteiger partial charge in [-0.2, -0.15) is 0 Å². The molecular weight excluding hydrogens is 269 g/mol. The second-order valence-corrected chi connectivity index (χ2v) is 7.52. The number of benzene rings is 2. The first-order valence-electron chi connectivity index (χ1n) is 6.65. The molecule has 2 aromatic rings. The maximum absolute atomic E-state index is 13.6. The molecule has 0 spiro atoms. The van der Waals surface area contributed by atoms with E-state index in [1.54, 1.807) is 0 Å². The Morgan fingerprint density at radius 3 is 1.95 bits per heavy atom. The van der Waals surface area contributed by atoms with Gasteiger partial charge in [-0.25, -0.2) is 0 Å². The van der Waals surface area contributed by atoms with E-state index in [0.29, 0.717) is 25.2 Å². The van der Waals surface area contributed by atoms with Crippen molar-refractivity contribution in [2.75, 3.05) is 19.3 Å². The minimum Gasteiger partial charge on any atom is -0.479 e. The molecule has 1 aliphatic rings. The lowest BCUT2D eigenvalue weighted by Crippen LogP contribution is -2.22. The Hall–Kier alpha value is -1.86. The molecular formula is C16H16NO2P. The predicted octanol–water partition coefficient (Wildman–Crippen LogP) is 2.43. The Bertz CT molecular complexity index is 609. The van der Waals surface area contributed by atoms with Gasteiger partial charge in [0.25, 0.3) is 0 Å². The fourth-order valence-corrected chi connectivity index (χ4v) is 4.88. The van der Waals surface area contributed by atoms with Gasteiger partial charge in [-0.15, -0.1) is 0 Å². The molecule has 3 rings (SSSR count). The molecule has 4 heteroatoms. The number of aliphatic imine (C=N–C) groups is 1. The maximum Gasteiger partial charge on any atom is 0.191 e. The lowest BCUT2D eigenvalue weighted by molar-refractivity contribution is 0.345. The summed E-state index contributed by atoms with van der Waals surface area (Å²) in [6, 6.07) is 19.2. The highest BCUT2D eigenvalue weighted by Gasteiger charge is 2.30. The Labute approximate surface area is 118 Å². The minimum absolute atomic E-state index is 0.362. The second-order valence-electron chi connectivity index (χ2n) is 4.69. The first-order valence-corrected chi connectivity index (χ1v) is 8.55. The van der Waals surface area contributed by atoms with E-state index in [4.69, 9.17) is 4.74 Å². The summed E-state index contributed by atoms with van der Waals surface area (Å²) < 4.78 is 19.1. The number of ether oxygens (including phenoxy) is 1. The van der Waals surface area contributed by atoms with E-state index in [-0.39, 0.29) is 0 Å². The third kappa shape index (κ3) is 2.54. The number of hydrogen-bond donors (Lipinski definition) is 0. The van der Waals surface area contributed by atoms with Crippen LogP contribution in [0.1, 0.15) is 0 Å². The fourth-order valence-electron chi connectivity index (χ4n) is 2.33. The van der Waals surface area contributed by atoms with Crippen molar-refractivity contribution < 1.29 is 9.30 Å². The maximum atomic E-state index is 13.6. The highest BCUT2D eigenvalue weighted by atomic mass is 31.2. The second kappa shape index (κ2) is 5.64. The van der Waals surface area contributed by atoms with E-state index in [0.717, 1.165) is 10.6 Å². The summed E-state index contributed by atoms with van der Waals surface area (Å²) in [5.41, 5.74) is 0. The van der Waals surface area contributed by atoms with Gasteiger partial charge >= 0.3 is 0 Å². The van der Waals surface area contributed by atoms with Crippen molar-refractivity contribution in [2.45, 2.75) is 0 Å². The van der Waals surface area contributed by atoms with E-state index in [1.165, 1.54) is 0 Å². The molecule has 102 valence electrons. The largest absolute Gasteiger partial charge is 0.479 e. The van der Waals surface area contributed by atoms with Crippen molar-refractivity contribution in [3.8, 4) is 0 Å². The van der Waals surface area contributed by atoms with Gasteiger partial charge in [0.15, 0.2) is 13.0 Å². The summed E-state index contributed by atoms with van der Waals surface area (Å²) in [5, 5.41) is 1.70. The molecule has 2 aromatic carbocycles. The summed E-state index contributed by atoms with van der Waals surface area (Å²) in [6.45, 7) is 1.26. The SMILES string of the molecule is O=P(CC1=NCCO1)(c1ccccc1)c1ccccc1. The lowest BCUT2D eigenvalue weighted by atomic mass is 10.4. The first-order chi connectivity index (χ1) is 9.79. The molecule has 0 aliphatic carbocycles. The van der Waals surface area contributed by atoms with Gasteiger partial charge in [-0.05, 0) is 0 Å². The normalized spacial score (nSPS) is 14.7. The van der Waals surface area contributed by atoms with Crippen LogP contribution in [0, 0.1) is 0 Å². The molecule has 0 saturated carbocycles. The zero-order valence-corrected chi connectivity index (χ0v) is 12.0. The predicted molar refractivity (Wildman–Crippen MR) is 82.9 cm³/mol. The van der Waals surface area contributed by atoms with Crippen molar-refractivity contribution in [3.05, 3.63) is 60.7 Å². The highest BCUT2D eigenvalue weighted by molar-refractivity contribution is 7.79. The summed E-state index contributed by atoms with van der Waals surface area (Å²) in [7, 11) is -2.73. The average molecular weight is 285 g/mol. The van der Waals surface area contributed by atoms with Crippen LogP contribution in [-0.2, 0) is 9.30 Å². The molecule has 0 radical (unpaired) electrons. The number of rotatable bonds is 4. The number of nitrogens with zero attached hydrogens (tertiary/aromatic N) is 1. The molecule has 0 aromatic heterocycles. The van der Waals surface area contributed by atoms with Crippen LogP contribution in [0.25, 0.3) is 0 Å². The molecule has 1 heterocycles. The number of hydrogen-bond acceptors (Lipinski definition) is 3. The van der Waals surface area contributed by atoms with Gasteiger partial charge in [-0.3, -0.25) is 4.99 Å². The molecule has 3 nitrogen and oxygen atoms in total. The lowest BCUT2D eigenvalue weighted by Gasteiger charge is -2.19. The van der Waals surface area contributed by atoms with Crippen LogP contribution >= 0.6 is 7.14 Å². The summed E-state index contributed by atoms with van der Waals surface area (Å²) in [4.78, 5) is 4.29. The van der Waals surface area contributed by atoms with Crippen LogP contribution in [0.2, 0.25) is 0 Å². The minimum atomic E-state index is -2.73. The van der Waals surface area contributed by atoms with E-state index < -0.39 is 7.14 Å². The van der Waals surface area contributed by atoms with Crippen molar-refractivity contribution >= 4 is 23.6 Å². The van der Waals surface area contributed by atoms with Crippen LogP contribution in [0.3, 0.4) is 0 Å². The molecule has 0 unspecified atom stereocenters. The molecule has 0 bridgehead atoms. The first kappa shape index (κ1) is 13.1. The van der Waals surface area contributed by atoms with E-state index in [1.807, 2.05) is 60.7 Å². The molecule has 20 heavy (non-hydrogen) atoms. The molecule has 0 amide bonds. The quantitative estimate of drug-likeness (QED) is 0.809. The zero-order valence-electron chi connectivity index (χ0n) is 11.1. The van der Waals surface area contributed by atoms with Crippen LogP contribution in [-0.4, -0.2) is 25.2 Å². The van der Waals surface area contributed by atoms with E-state index in [9.17, 15) is 4.57 Å². The van der Waals surface area contributed by atoms with E-state index in [2.05, 4.69) is 4.99 Å². The van der Waals surface area contributed by atoms with Gasteiger partial charge in [0.2, 0.25) is 0 Å². The summed E-state index contributed by atoms with van der Waals surface area (Å²) >= 11 is 0. The third-order valence-corrected chi connectivity index (χ3v) is 6.33. The topological polar surface area (TPSA) is 38.7 Å². The molecule has 1 aliphatic heterocycles. The Morgan fingerprint density at radius 1 is 0.950 bits per heavy atom. The van der Waals surface area contributed by atoms with Gasteiger partial charge < -0.3 is 9.30 Å². The Kier molecular flexibility index (Phi) is 3.70. The van der Waals surface area contributed by atoms with Gasteiger partial charge in [0.05, 0.1) is 12.7 Å². The van der Waals surface area contributed by atoms with Crippen LogP contribution in [0.5, 0.6) is 0 Å². The van der Waals surface area contributed by atoms with Crippen molar-refractivity contribution in [2.24, 2.45) is 4.99 Å². The van der Waals surface area contributed by atoms with Crippen molar-refractivity contribution in [1.82, 2.24) is 0 Å². The van der Waals surface area contributed by atoms with Crippen LogP contribution in [0.15, 0.2) is 65.7 Å². The molecule has 0 saturated heterocycles. The monoisotopic (exact) mass is 285 g/mol. The van der Waals surface area contributed by atoms with Gasteiger partial charge in [0.1, 0.15) is 6.61 Å². The van der Waals surface area contributed by atoms with Crippen LogP contribution in [0.4, 0.5) is 0 Å². The van der Waals surface area contributed by atoms with Gasteiger partial charge in [-0.1, -0.05) is 60.7 Å². The molecule has 0 N–H and O–H groups in total. The Morgan fingerprint density at radius 2 is 1.50 bits per heavy atom. The van der Waals surface area contributed by atoms with Crippen LogP contribution < -0.4 is 10.6 Å². The Balaban J connectivity index is 2.05. The smallest absolute Gasteiger partial charge is 0.191 e. The standard InChI is InChI=1S/C16H16NO2P/c18-20(13-16-17-11-12-19-16,14-7-3-1-4-8-14)15-9-5-2-6-10-15/h1-10H,11-13H2. The average Bonchev–Trinajstić information content (AvgIpc) is 3.02. The summed E-state index contributed by atoms with van der Waals surface area (Å²) in [5.74, 6) is 0.612. The zero-order chi connectivity index (χ0) is 13.8. The van der Waals surface area contributed by atoms with Crippen molar-refractivity contribution in [3.63, 3.8) is 0 Å². The summed E-state index contributed by atoms with van der Waals surface area (Å²) in [6.07, 6.45) is 0.362. The molecule has 0 atom stereocenters.